The lowest BCUT2D eigenvalue weighted by molar-refractivity contribution is -0.117. The molecule has 1 amide bonds. The van der Waals surface area contributed by atoms with Crippen molar-refractivity contribution in [2.24, 2.45) is 11.7 Å². The predicted molar refractivity (Wildman–Crippen MR) is 100 cm³/mol. The zero-order chi connectivity index (χ0) is 18.0. The third kappa shape index (κ3) is 3.69. The SMILES string of the molecule is Cc1nc(NC(=O)[C@H](N)CC(C)C)ccc1-c1ccnc2[nH]ccc12. The number of nitrogens with two attached hydrogens (primary N) is 1. The molecule has 3 aromatic rings. The minimum Gasteiger partial charge on any atom is -0.346 e. The number of fused-ring (bicyclic) bond motifs is 1. The van der Waals surface area contributed by atoms with Crippen molar-refractivity contribution < 1.29 is 4.79 Å². The van der Waals surface area contributed by atoms with Crippen molar-refractivity contribution in [3.05, 3.63) is 42.4 Å². The molecule has 0 aliphatic heterocycles. The van der Waals surface area contributed by atoms with E-state index in [1.807, 2.05) is 45.2 Å². The number of nitrogens with zero attached hydrogens (tertiary/aromatic N) is 2. The van der Waals surface area contributed by atoms with Crippen LogP contribution in [0.1, 0.15) is 26.0 Å². The molecule has 0 saturated carbocycles. The lowest BCUT2D eigenvalue weighted by Gasteiger charge is -2.15. The summed E-state index contributed by atoms with van der Waals surface area (Å²) in [7, 11) is 0. The molecule has 6 nitrogen and oxygen atoms in total. The zero-order valence-corrected chi connectivity index (χ0v) is 14.7. The number of H-pyrrole nitrogens is 1. The van der Waals surface area contributed by atoms with Crippen molar-refractivity contribution in [1.82, 2.24) is 15.0 Å². The van der Waals surface area contributed by atoms with E-state index in [-0.39, 0.29) is 5.91 Å². The van der Waals surface area contributed by atoms with Crippen LogP contribution in [-0.4, -0.2) is 26.9 Å². The van der Waals surface area contributed by atoms with Gasteiger partial charge in [0.1, 0.15) is 11.5 Å². The number of carbonyl (C=O) groups excluding carboxylic acids is 1. The number of pyridine rings is 2. The first-order chi connectivity index (χ1) is 12.0. The molecule has 0 spiro atoms. The van der Waals surface area contributed by atoms with Crippen LogP contribution in [0, 0.1) is 12.8 Å². The number of hydrogen-bond donors (Lipinski definition) is 3. The first-order valence-electron chi connectivity index (χ1n) is 8.42. The van der Waals surface area contributed by atoms with Crippen LogP contribution < -0.4 is 11.1 Å². The van der Waals surface area contributed by atoms with Gasteiger partial charge in [-0.1, -0.05) is 13.8 Å². The van der Waals surface area contributed by atoms with Crippen molar-refractivity contribution in [2.45, 2.75) is 33.2 Å². The fourth-order valence-electron chi connectivity index (χ4n) is 2.94. The fourth-order valence-corrected chi connectivity index (χ4v) is 2.94. The highest BCUT2D eigenvalue weighted by atomic mass is 16.2. The minimum atomic E-state index is -0.526. The Hall–Kier alpha value is -2.73. The van der Waals surface area contributed by atoms with Gasteiger partial charge in [0.15, 0.2) is 0 Å². The van der Waals surface area contributed by atoms with Gasteiger partial charge in [0.05, 0.1) is 6.04 Å². The molecule has 0 aliphatic carbocycles. The molecular formula is C19H23N5O. The topological polar surface area (TPSA) is 96.7 Å². The first kappa shape index (κ1) is 17.1. The van der Waals surface area contributed by atoms with Crippen LogP contribution in [0.25, 0.3) is 22.2 Å². The molecule has 25 heavy (non-hydrogen) atoms. The lowest BCUT2D eigenvalue weighted by atomic mass is 10.0. The first-order valence-corrected chi connectivity index (χ1v) is 8.42. The molecule has 4 N–H and O–H groups in total. The van der Waals surface area contributed by atoms with Crippen LogP contribution >= 0.6 is 0 Å². The van der Waals surface area contributed by atoms with Crippen LogP contribution in [-0.2, 0) is 4.79 Å². The summed E-state index contributed by atoms with van der Waals surface area (Å²) in [6, 6.07) is 7.21. The van der Waals surface area contributed by atoms with Gasteiger partial charge in [0.25, 0.3) is 0 Å². The molecular weight excluding hydrogens is 314 g/mol. The molecule has 0 aromatic carbocycles. The van der Waals surface area contributed by atoms with Gasteiger partial charge >= 0.3 is 0 Å². The summed E-state index contributed by atoms with van der Waals surface area (Å²) in [4.78, 5) is 24.1. The number of aryl methyl sites for hydroxylation is 1. The largest absolute Gasteiger partial charge is 0.346 e. The number of rotatable bonds is 5. The van der Waals surface area contributed by atoms with Gasteiger partial charge in [-0.05, 0) is 49.1 Å². The molecule has 0 saturated heterocycles. The predicted octanol–water partition coefficient (Wildman–Crippen LogP) is 3.25. The molecule has 0 unspecified atom stereocenters. The second-order valence-electron chi connectivity index (χ2n) is 6.65. The summed E-state index contributed by atoms with van der Waals surface area (Å²) in [6.45, 7) is 6.01. The summed E-state index contributed by atoms with van der Waals surface area (Å²) in [5, 5.41) is 3.85. The van der Waals surface area contributed by atoms with Crippen molar-refractivity contribution in [2.75, 3.05) is 5.32 Å². The molecule has 3 rings (SSSR count). The Labute approximate surface area is 146 Å². The van der Waals surface area contributed by atoms with Crippen LogP contribution in [0.15, 0.2) is 36.7 Å². The van der Waals surface area contributed by atoms with Crippen molar-refractivity contribution in [3.8, 4) is 11.1 Å². The zero-order valence-electron chi connectivity index (χ0n) is 14.7. The summed E-state index contributed by atoms with van der Waals surface area (Å²) >= 11 is 0. The smallest absolute Gasteiger partial charge is 0.242 e. The Kier molecular flexibility index (Phi) is 4.81. The summed E-state index contributed by atoms with van der Waals surface area (Å²) < 4.78 is 0. The van der Waals surface area contributed by atoms with E-state index in [0.29, 0.717) is 18.2 Å². The maximum absolute atomic E-state index is 12.2. The Morgan fingerprint density at radius 2 is 2.04 bits per heavy atom. The fraction of sp³-hybridized carbons (Fsp3) is 0.316. The Bertz CT molecular complexity index is 900. The van der Waals surface area contributed by atoms with E-state index in [1.54, 1.807) is 12.3 Å². The molecule has 0 fully saturated rings. The average Bonchev–Trinajstić information content (AvgIpc) is 3.03. The van der Waals surface area contributed by atoms with E-state index in [1.165, 1.54) is 0 Å². The molecule has 3 heterocycles. The number of nitrogens with one attached hydrogen (secondary N) is 2. The molecule has 130 valence electrons. The van der Waals surface area contributed by atoms with Gasteiger partial charge in [0, 0.05) is 29.0 Å². The van der Waals surface area contributed by atoms with E-state index in [4.69, 9.17) is 5.73 Å². The third-order valence-electron chi connectivity index (χ3n) is 4.15. The van der Waals surface area contributed by atoms with E-state index >= 15 is 0 Å². The Morgan fingerprint density at radius 1 is 1.24 bits per heavy atom. The van der Waals surface area contributed by atoms with Crippen molar-refractivity contribution in [1.29, 1.82) is 0 Å². The van der Waals surface area contributed by atoms with Crippen molar-refractivity contribution >= 4 is 22.8 Å². The third-order valence-corrected chi connectivity index (χ3v) is 4.15. The van der Waals surface area contributed by atoms with E-state index in [2.05, 4.69) is 20.3 Å². The molecule has 0 bridgehead atoms. The number of hydrogen-bond acceptors (Lipinski definition) is 4. The molecule has 0 aliphatic rings. The summed E-state index contributed by atoms with van der Waals surface area (Å²) in [5.41, 5.74) is 9.68. The molecule has 1 atom stereocenters. The second-order valence-corrected chi connectivity index (χ2v) is 6.65. The van der Waals surface area contributed by atoms with Crippen LogP contribution in [0.5, 0.6) is 0 Å². The van der Waals surface area contributed by atoms with Gasteiger partial charge < -0.3 is 16.0 Å². The summed E-state index contributed by atoms with van der Waals surface area (Å²) in [5.74, 6) is 0.684. The second kappa shape index (κ2) is 7.03. The maximum Gasteiger partial charge on any atom is 0.242 e. The maximum atomic E-state index is 12.2. The van der Waals surface area contributed by atoms with Crippen LogP contribution in [0.2, 0.25) is 0 Å². The average molecular weight is 337 g/mol. The molecule has 3 aromatic heterocycles. The molecule has 0 radical (unpaired) electrons. The lowest BCUT2D eigenvalue weighted by Crippen LogP contribution is -2.36. The standard InChI is InChI=1S/C19H23N5O/c1-11(2)10-16(20)19(25)24-17-5-4-13(12(3)23-17)14-6-8-21-18-15(14)7-9-22-18/h4-9,11,16H,10,20H2,1-3H3,(H,21,22)(H,23,24,25)/t16-/m1/s1. The quantitative estimate of drug-likeness (QED) is 0.666. The number of aromatic amines is 1. The van der Waals surface area contributed by atoms with Gasteiger partial charge in [0.2, 0.25) is 5.91 Å². The number of carbonyl (C=O) groups is 1. The van der Waals surface area contributed by atoms with Gasteiger partial charge in [-0.15, -0.1) is 0 Å². The molecule has 6 heteroatoms. The van der Waals surface area contributed by atoms with Crippen LogP contribution in [0.4, 0.5) is 5.82 Å². The van der Waals surface area contributed by atoms with Crippen LogP contribution in [0.3, 0.4) is 0 Å². The highest BCUT2D eigenvalue weighted by Crippen LogP contribution is 2.29. The number of amides is 1. The number of aromatic nitrogens is 3. The highest BCUT2D eigenvalue weighted by molar-refractivity contribution is 5.95. The van der Waals surface area contributed by atoms with E-state index in [9.17, 15) is 4.79 Å². The monoisotopic (exact) mass is 337 g/mol. The normalized spacial score (nSPS) is 12.5. The summed E-state index contributed by atoms with van der Waals surface area (Å²) in [6.07, 6.45) is 4.29. The van der Waals surface area contributed by atoms with E-state index in [0.717, 1.165) is 27.9 Å². The van der Waals surface area contributed by atoms with Gasteiger partial charge in [-0.3, -0.25) is 4.79 Å². The Morgan fingerprint density at radius 3 is 2.76 bits per heavy atom. The number of anilines is 1. The van der Waals surface area contributed by atoms with E-state index < -0.39 is 6.04 Å². The van der Waals surface area contributed by atoms with Gasteiger partial charge in [-0.25, -0.2) is 9.97 Å². The van der Waals surface area contributed by atoms with Gasteiger partial charge in [-0.2, -0.15) is 0 Å². The van der Waals surface area contributed by atoms with Crippen molar-refractivity contribution in [3.63, 3.8) is 0 Å². The highest BCUT2D eigenvalue weighted by Gasteiger charge is 2.16. The Balaban J connectivity index is 1.84. The minimum absolute atomic E-state index is 0.203.